The predicted octanol–water partition coefficient (Wildman–Crippen LogP) is 13.8. The molecule has 4 N–H and O–H groups in total. The molecule has 0 atom stereocenters. The third kappa shape index (κ3) is 10.4. The molecule has 14 nitrogen and oxygen atoms in total. The number of hydrogen-bond acceptors (Lipinski definition) is 11. The summed E-state index contributed by atoms with van der Waals surface area (Å²) in [6.07, 6.45) is 19.6. The second-order valence-electron chi connectivity index (χ2n) is 18.3. The fraction of sp³-hybridized carbons (Fsp3) is 0.127. The van der Waals surface area contributed by atoms with Gasteiger partial charge in [-0.25, -0.2) is 24.9 Å². The molecule has 0 aliphatic carbocycles. The van der Waals surface area contributed by atoms with Gasteiger partial charge in [0.05, 0.1) is 56.5 Å². The first-order chi connectivity index (χ1) is 38.0. The average molecular weight is 1010 g/mol. The zero-order chi connectivity index (χ0) is 52.7. The van der Waals surface area contributed by atoms with Crippen LogP contribution < -0.4 is 5.32 Å². The summed E-state index contributed by atoms with van der Waals surface area (Å²) < 4.78 is 0. The van der Waals surface area contributed by atoms with Crippen LogP contribution in [0, 0.1) is 0 Å². The lowest BCUT2D eigenvalue weighted by Gasteiger charge is -2.17. The third-order valence-electron chi connectivity index (χ3n) is 13.5. The highest BCUT2D eigenvalue weighted by molar-refractivity contribution is 6.20. The number of H-pyrrole nitrogens is 3. The molecule has 1 fully saturated rings. The number of benzene rings is 3. The SMILES string of the molecule is C=C(Nc1cncc(-c2ccc3c(n2)C(c2nc4c(-c5ccncc5)cccc4[nH]2)=N3)c1)c1ccccc1.C=C/C(=C\C(=C/C)c1ccc2[nH]nc(-c3nc4c(-c5ccncc5)cccc4[nH]3)c2n1)CN1CCCC1.CC. The van der Waals surface area contributed by atoms with Gasteiger partial charge in [-0.2, -0.15) is 5.10 Å². The minimum absolute atomic E-state index is 0.686. The fourth-order valence-electron chi connectivity index (χ4n) is 9.61. The number of imidazole rings is 2. The van der Waals surface area contributed by atoms with Gasteiger partial charge in [0.1, 0.15) is 16.9 Å². The Balaban J connectivity index is 0.000000159. The Hall–Kier alpha value is -9.79. The maximum absolute atomic E-state index is 5.03. The number of nitrogens with zero attached hydrogens (tertiary/aromatic N) is 10. The minimum atomic E-state index is 0.686. The van der Waals surface area contributed by atoms with Gasteiger partial charge in [-0.3, -0.25) is 25.0 Å². The van der Waals surface area contributed by atoms with Gasteiger partial charge in [0.25, 0.3) is 0 Å². The molecule has 0 radical (unpaired) electrons. The summed E-state index contributed by atoms with van der Waals surface area (Å²) in [5.41, 5.74) is 20.2. The summed E-state index contributed by atoms with van der Waals surface area (Å²) in [5.74, 6) is 1.39. The number of hydrogen-bond donors (Lipinski definition) is 4. The highest BCUT2D eigenvalue weighted by Crippen LogP contribution is 2.36. The van der Waals surface area contributed by atoms with E-state index >= 15 is 0 Å². The lowest BCUT2D eigenvalue weighted by molar-refractivity contribution is 0.371. The molecular formula is C63H56N14. The van der Waals surface area contributed by atoms with Crippen molar-refractivity contribution < 1.29 is 0 Å². The van der Waals surface area contributed by atoms with Gasteiger partial charge in [-0.15, -0.1) is 0 Å². The molecular weight excluding hydrogens is 953 g/mol. The number of aliphatic imine (C=N–C) groups is 1. The van der Waals surface area contributed by atoms with Crippen LogP contribution in [0.2, 0.25) is 0 Å². The largest absolute Gasteiger partial charge is 0.354 e. The molecule has 2 aliphatic rings. The first-order valence-corrected chi connectivity index (χ1v) is 25.9. The molecule has 0 saturated carbocycles. The van der Waals surface area contributed by atoms with Crippen molar-refractivity contribution >= 4 is 61.5 Å². The van der Waals surface area contributed by atoms with Crippen LogP contribution in [-0.2, 0) is 0 Å². The second-order valence-corrected chi connectivity index (χ2v) is 18.3. The van der Waals surface area contributed by atoms with Crippen molar-refractivity contribution in [1.82, 2.24) is 60.0 Å². The van der Waals surface area contributed by atoms with Crippen LogP contribution in [0.3, 0.4) is 0 Å². The van der Waals surface area contributed by atoms with Gasteiger partial charge in [0.15, 0.2) is 17.3 Å². The van der Waals surface area contributed by atoms with Gasteiger partial charge in [-0.05, 0) is 133 Å². The van der Waals surface area contributed by atoms with Gasteiger partial charge >= 0.3 is 0 Å². The van der Waals surface area contributed by atoms with Crippen molar-refractivity contribution in [1.29, 1.82) is 0 Å². The Bertz CT molecular complexity index is 4010. The summed E-state index contributed by atoms with van der Waals surface area (Å²) in [7, 11) is 0. The third-order valence-corrected chi connectivity index (χ3v) is 13.5. The quantitative estimate of drug-likeness (QED) is 0.0813. The van der Waals surface area contributed by atoms with Gasteiger partial charge in [0, 0.05) is 59.9 Å². The zero-order valence-electron chi connectivity index (χ0n) is 43.2. The van der Waals surface area contributed by atoms with E-state index < -0.39 is 0 Å². The lowest BCUT2D eigenvalue weighted by atomic mass is 10.1. The lowest BCUT2D eigenvalue weighted by Crippen LogP contribution is -2.21. The number of likely N-dealkylation sites (tertiary alicyclic amines) is 1. The predicted molar refractivity (Wildman–Crippen MR) is 312 cm³/mol. The van der Waals surface area contributed by atoms with Crippen LogP contribution in [0.25, 0.3) is 89.4 Å². The average Bonchev–Trinajstić information content (AvgIpc) is 4.38. The number of aromatic nitrogens is 11. The van der Waals surface area contributed by atoms with E-state index in [2.05, 4.69) is 87.8 Å². The van der Waals surface area contributed by atoms with E-state index in [1.807, 2.05) is 142 Å². The van der Waals surface area contributed by atoms with Crippen LogP contribution >= 0.6 is 0 Å². The molecule has 0 bridgehead atoms. The van der Waals surface area contributed by atoms with Crippen molar-refractivity contribution in [2.24, 2.45) is 4.99 Å². The highest BCUT2D eigenvalue weighted by Gasteiger charge is 2.26. The molecule has 0 unspecified atom stereocenters. The maximum Gasteiger partial charge on any atom is 0.161 e. The molecule has 2 aliphatic heterocycles. The minimum Gasteiger partial charge on any atom is -0.354 e. The van der Waals surface area contributed by atoms with Gasteiger partial charge in [0.2, 0.25) is 0 Å². The zero-order valence-corrected chi connectivity index (χ0v) is 43.2. The summed E-state index contributed by atoms with van der Waals surface area (Å²) in [6, 6.07) is 40.2. The normalized spacial score (nSPS) is 13.3. The number of para-hydroxylation sites is 2. The Morgan fingerprint density at radius 3 is 2.00 bits per heavy atom. The number of fused-ring (bicyclic) bond motifs is 4. The van der Waals surface area contributed by atoms with E-state index in [1.165, 1.54) is 18.4 Å². The molecule has 11 aromatic rings. The summed E-state index contributed by atoms with van der Waals surface area (Å²) in [5, 5.41) is 11.1. The Labute approximate surface area is 446 Å². The first kappa shape index (κ1) is 49.4. The highest BCUT2D eigenvalue weighted by atomic mass is 15.2. The maximum atomic E-state index is 5.03. The standard InChI is InChI=1S/C31H21N7.C30H29N7.C2H6/c1-19(20-6-3-2-4-7-20)34-23-16-22(17-33-18-23)25-10-11-27-29(35-25)30(36-27)31-37-26-9-5-8-24(28(26)38-31)21-12-14-32-15-13-21;1-3-20(19-37-16-5-6-17-37)18-21(4-2)24-10-11-26-28(32-24)29(36-35-26)30-33-25-9-7-8-23(27(25)34-30)22-12-14-31-15-13-22;1-2/h2-18,34H,1H2,(H,37,38);3-4,7-15,18H,1,5-6,16-17,19H2,2H3,(H,33,34)(H,35,36);1-2H3/b;20-18+,21-4+;. The molecule has 1 saturated heterocycles. The van der Waals surface area contributed by atoms with E-state index in [0.717, 1.165) is 132 Å². The molecule has 77 heavy (non-hydrogen) atoms. The molecule has 0 spiro atoms. The van der Waals surface area contributed by atoms with E-state index in [1.54, 1.807) is 31.0 Å². The van der Waals surface area contributed by atoms with Crippen LogP contribution in [0.15, 0.2) is 200 Å². The molecule has 14 heteroatoms. The molecule has 8 aromatic heterocycles. The van der Waals surface area contributed by atoms with E-state index in [-0.39, 0.29) is 0 Å². The number of allylic oxidation sites excluding steroid dienone is 3. The smallest absolute Gasteiger partial charge is 0.161 e. The van der Waals surface area contributed by atoms with Crippen molar-refractivity contribution in [3.05, 3.63) is 218 Å². The second kappa shape index (κ2) is 22.4. The molecule has 13 rings (SSSR count). The monoisotopic (exact) mass is 1010 g/mol. The summed E-state index contributed by atoms with van der Waals surface area (Å²) in [6.45, 7) is 17.5. The van der Waals surface area contributed by atoms with Crippen molar-refractivity contribution in [2.75, 3.05) is 25.0 Å². The van der Waals surface area contributed by atoms with E-state index in [4.69, 9.17) is 19.9 Å². The molecule has 0 amide bonds. The van der Waals surface area contributed by atoms with Crippen LogP contribution in [-0.4, -0.2) is 85.3 Å². The van der Waals surface area contributed by atoms with Crippen LogP contribution in [0.1, 0.15) is 56.4 Å². The Morgan fingerprint density at radius 2 is 1.32 bits per heavy atom. The van der Waals surface area contributed by atoms with Crippen molar-refractivity contribution in [2.45, 2.75) is 33.6 Å². The summed E-state index contributed by atoms with van der Waals surface area (Å²) >= 11 is 0. The van der Waals surface area contributed by atoms with E-state index in [9.17, 15) is 0 Å². The molecule has 10 heterocycles. The molecule has 3 aromatic carbocycles. The van der Waals surface area contributed by atoms with Crippen molar-refractivity contribution in [3.8, 4) is 45.0 Å². The first-order valence-electron chi connectivity index (χ1n) is 25.9. The Morgan fingerprint density at radius 1 is 0.649 bits per heavy atom. The topological polar surface area (TPSA) is 178 Å². The van der Waals surface area contributed by atoms with Crippen LogP contribution in [0.4, 0.5) is 11.4 Å². The van der Waals surface area contributed by atoms with Gasteiger partial charge in [-0.1, -0.05) is 93.8 Å². The van der Waals surface area contributed by atoms with Gasteiger partial charge < -0.3 is 15.3 Å². The van der Waals surface area contributed by atoms with Crippen molar-refractivity contribution in [3.63, 3.8) is 0 Å². The number of aromatic amines is 3. The summed E-state index contributed by atoms with van der Waals surface area (Å²) in [4.78, 5) is 46.6. The van der Waals surface area contributed by atoms with E-state index in [0.29, 0.717) is 17.3 Å². The Kier molecular flexibility index (Phi) is 14.4. The van der Waals surface area contributed by atoms with Crippen LogP contribution in [0.5, 0.6) is 0 Å². The fourth-order valence-corrected chi connectivity index (χ4v) is 9.61. The number of nitrogens with one attached hydrogen (secondary N) is 4. The molecule has 378 valence electrons. The number of pyridine rings is 5. The number of anilines is 1. The number of rotatable bonds is 13.